The summed E-state index contributed by atoms with van der Waals surface area (Å²) in [4.78, 5) is 7.16. The van der Waals surface area contributed by atoms with Crippen LogP contribution in [0.1, 0.15) is 0 Å². The Morgan fingerprint density at radius 1 is 0.418 bits per heavy atom. The molecule has 0 aliphatic carbocycles. The smallest absolute Gasteiger partial charge is 0.227 e. The van der Waals surface area contributed by atoms with Crippen LogP contribution in [-0.2, 0) is 0 Å². The first-order valence-corrected chi connectivity index (χ1v) is 18.4. The molecule has 0 radical (unpaired) electrons. The lowest BCUT2D eigenvalue weighted by molar-refractivity contribution is 0.617. The van der Waals surface area contributed by atoms with Gasteiger partial charge in [-0.1, -0.05) is 84.9 Å². The number of rotatable bonds is 5. The number of hydrogen-bond donors (Lipinski definition) is 0. The Morgan fingerprint density at radius 3 is 1.84 bits per heavy atom. The van der Waals surface area contributed by atoms with Crippen molar-refractivity contribution < 1.29 is 13.3 Å². The molecule has 8 aromatic carbocycles. The largest absolute Gasteiger partial charge is 0.456 e. The van der Waals surface area contributed by atoms with E-state index >= 15 is 0 Å². The van der Waals surface area contributed by atoms with E-state index < -0.39 is 0 Å². The van der Waals surface area contributed by atoms with Gasteiger partial charge in [0.05, 0.1) is 16.7 Å². The summed E-state index contributed by atoms with van der Waals surface area (Å²) in [5, 5.41) is 6.54. The molecule has 6 heteroatoms. The lowest BCUT2D eigenvalue weighted by atomic mass is 10.1. The van der Waals surface area contributed by atoms with Crippen molar-refractivity contribution >= 4 is 93.8 Å². The third-order valence-corrected chi connectivity index (χ3v) is 10.8. The molecule has 0 aliphatic heterocycles. The fourth-order valence-corrected chi connectivity index (χ4v) is 8.34. The van der Waals surface area contributed by atoms with Crippen molar-refractivity contribution in [1.29, 1.82) is 0 Å². The number of furan rings is 2. The first-order chi connectivity index (χ1) is 27.2. The zero-order valence-corrected chi connectivity index (χ0v) is 29.3. The van der Waals surface area contributed by atoms with Crippen molar-refractivity contribution in [2.45, 2.75) is 0 Å². The zero-order chi connectivity index (χ0) is 36.0. The maximum absolute atomic E-state index is 6.64. The highest BCUT2D eigenvalue weighted by Gasteiger charge is 2.23. The molecule has 0 unspecified atom stereocenters. The summed E-state index contributed by atoms with van der Waals surface area (Å²) in [7, 11) is 0. The molecule has 55 heavy (non-hydrogen) atoms. The summed E-state index contributed by atoms with van der Waals surface area (Å²) in [6, 6.07) is 61.0. The Bertz CT molecular complexity index is 3440. The van der Waals surface area contributed by atoms with E-state index in [1.807, 2.05) is 48.5 Å². The van der Waals surface area contributed by atoms with Crippen molar-refractivity contribution in [3.05, 3.63) is 176 Å². The van der Waals surface area contributed by atoms with Gasteiger partial charge in [-0.3, -0.25) is 0 Å². The van der Waals surface area contributed by atoms with Crippen molar-refractivity contribution in [3.8, 4) is 17.1 Å². The van der Waals surface area contributed by atoms with Crippen LogP contribution in [0, 0.1) is 0 Å². The Labute approximate surface area is 313 Å². The van der Waals surface area contributed by atoms with Crippen LogP contribution in [0.2, 0.25) is 0 Å². The van der Waals surface area contributed by atoms with Crippen LogP contribution in [0.4, 0.5) is 17.1 Å². The van der Waals surface area contributed by atoms with Gasteiger partial charge in [0.2, 0.25) is 5.89 Å². The van der Waals surface area contributed by atoms with Gasteiger partial charge in [-0.25, -0.2) is 4.98 Å². The summed E-state index contributed by atoms with van der Waals surface area (Å²) in [6.07, 6.45) is 0. The van der Waals surface area contributed by atoms with Crippen molar-refractivity contribution in [3.63, 3.8) is 0 Å². The van der Waals surface area contributed by atoms with Gasteiger partial charge >= 0.3 is 0 Å². The van der Waals surface area contributed by atoms with Crippen LogP contribution in [0.3, 0.4) is 0 Å². The van der Waals surface area contributed by atoms with Crippen LogP contribution >= 0.6 is 0 Å². The highest BCUT2D eigenvalue weighted by Crippen LogP contribution is 2.46. The minimum Gasteiger partial charge on any atom is -0.456 e. The van der Waals surface area contributed by atoms with Crippen molar-refractivity contribution in [2.24, 2.45) is 0 Å². The molecular weight excluding hydrogens is 679 g/mol. The highest BCUT2D eigenvalue weighted by atomic mass is 16.4. The molecule has 0 spiro atoms. The molecule has 0 saturated carbocycles. The fourth-order valence-electron chi connectivity index (χ4n) is 8.34. The molecule has 258 valence electrons. The van der Waals surface area contributed by atoms with E-state index in [0.29, 0.717) is 11.5 Å². The first kappa shape index (κ1) is 29.9. The molecule has 0 saturated heterocycles. The van der Waals surface area contributed by atoms with E-state index in [-0.39, 0.29) is 0 Å². The van der Waals surface area contributed by atoms with Crippen molar-refractivity contribution in [1.82, 2.24) is 9.55 Å². The maximum Gasteiger partial charge on any atom is 0.227 e. The molecule has 12 aromatic rings. The van der Waals surface area contributed by atoms with Crippen LogP contribution < -0.4 is 4.90 Å². The molecule has 0 N–H and O–H groups in total. The Balaban J connectivity index is 1.10. The molecule has 0 fully saturated rings. The van der Waals surface area contributed by atoms with Crippen LogP contribution in [0.15, 0.2) is 189 Å². The third-order valence-electron chi connectivity index (χ3n) is 10.8. The quantitative estimate of drug-likeness (QED) is 0.178. The number of hydrogen-bond acceptors (Lipinski definition) is 5. The molecule has 0 aliphatic rings. The molecule has 0 amide bonds. The van der Waals surface area contributed by atoms with E-state index in [0.717, 1.165) is 88.7 Å². The summed E-state index contributed by atoms with van der Waals surface area (Å²) < 4.78 is 21.7. The third kappa shape index (κ3) is 4.52. The van der Waals surface area contributed by atoms with Gasteiger partial charge in [-0.2, -0.15) is 0 Å². The van der Waals surface area contributed by atoms with Crippen molar-refractivity contribution in [2.75, 3.05) is 4.90 Å². The molecule has 0 bridgehead atoms. The minimum absolute atomic E-state index is 0.592. The number of oxazole rings is 1. The van der Waals surface area contributed by atoms with Gasteiger partial charge in [0.1, 0.15) is 27.8 Å². The Kier molecular flexibility index (Phi) is 6.24. The minimum atomic E-state index is 0.592. The Hall–Kier alpha value is -7.57. The topological polar surface area (TPSA) is 60.5 Å². The molecular formula is C49H29N3O3. The average molecular weight is 708 g/mol. The number of nitrogens with zero attached hydrogens (tertiary/aromatic N) is 3. The molecule has 4 aromatic heterocycles. The predicted molar refractivity (Wildman–Crippen MR) is 223 cm³/mol. The highest BCUT2D eigenvalue weighted by molar-refractivity contribution is 6.15. The number of benzene rings is 8. The van der Waals surface area contributed by atoms with E-state index in [9.17, 15) is 0 Å². The predicted octanol–water partition coefficient (Wildman–Crippen LogP) is 13.9. The molecule has 12 rings (SSSR count). The second-order valence-corrected chi connectivity index (χ2v) is 14.0. The number of aromatic nitrogens is 2. The zero-order valence-electron chi connectivity index (χ0n) is 29.3. The monoisotopic (exact) mass is 707 g/mol. The second-order valence-electron chi connectivity index (χ2n) is 14.0. The fraction of sp³-hybridized carbons (Fsp3) is 0. The number of anilines is 3. The number of para-hydroxylation sites is 4. The van der Waals surface area contributed by atoms with Crippen LogP contribution in [0.5, 0.6) is 0 Å². The van der Waals surface area contributed by atoms with Gasteiger partial charge in [0.15, 0.2) is 5.58 Å². The summed E-state index contributed by atoms with van der Waals surface area (Å²) >= 11 is 0. The van der Waals surface area contributed by atoms with Gasteiger partial charge in [0, 0.05) is 73.1 Å². The average Bonchev–Trinajstić information content (AvgIpc) is 4.00. The summed E-state index contributed by atoms with van der Waals surface area (Å²) in [6.45, 7) is 0. The van der Waals surface area contributed by atoms with E-state index in [1.54, 1.807) is 0 Å². The van der Waals surface area contributed by atoms with Gasteiger partial charge < -0.3 is 22.7 Å². The normalized spacial score (nSPS) is 12.0. The van der Waals surface area contributed by atoms with Gasteiger partial charge in [-0.05, 0) is 72.8 Å². The van der Waals surface area contributed by atoms with E-state index in [2.05, 4.69) is 137 Å². The summed E-state index contributed by atoms with van der Waals surface area (Å²) in [5.74, 6) is 0.592. The summed E-state index contributed by atoms with van der Waals surface area (Å²) in [5.41, 5.74) is 11.9. The lowest BCUT2D eigenvalue weighted by Gasteiger charge is -2.27. The van der Waals surface area contributed by atoms with Gasteiger partial charge in [0.25, 0.3) is 0 Å². The number of fused-ring (bicyclic) bond motifs is 10. The van der Waals surface area contributed by atoms with E-state index in [4.69, 9.17) is 18.2 Å². The molecule has 4 heterocycles. The first-order valence-electron chi connectivity index (χ1n) is 18.4. The van der Waals surface area contributed by atoms with Crippen LogP contribution in [0.25, 0.3) is 93.9 Å². The molecule has 0 atom stereocenters. The lowest BCUT2D eigenvalue weighted by Crippen LogP contribution is -2.11. The maximum atomic E-state index is 6.64. The standard InChI is InChI=1S/C49H29N3O3/c1-3-12-30(13-4-1)49-50-40-28-39-37-25-23-33(27-45(37)54-46(39)29-47(40)55-49)51(32-22-24-36-35-17-8-10-21-43(35)53-44(36)26-32)42-20-11-18-38-34-16-7-9-19-41(34)52(48(38)42)31-14-5-2-6-15-31/h1-29H. The SMILES string of the molecule is c1ccc(-c2nc3cc4c(cc3o2)oc2cc(N(c3ccc5c(c3)oc3ccccc35)c3cccc5c6ccccc6n(-c6ccccc6)c35)ccc24)cc1. The second kappa shape index (κ2) is 11.5. The van der Waals surface area contributed by atoms with Gasteiger partial charge in [-0.15, -0.1) is 0 Å². The van der Waals surface area contributed by atoms with Crippen LogP contribution in [-0.4, -0.2) is 9.55 Å². The van der Waals surface area contributed by atoms with E-state index in [1.165, 1.54) is 10.8 Å². The Morgan fingerprint density at radius 2 is 1.04 bits per heavy atom. The molecule has 6 nitrogen and oxygen atoms in total.